The lowest BCUT2D eigenvalue weighted by atomic mass is 9.70. The summed E-state index contributed by atoms with van der Waals surface area (Å²) in [5.41, 5.74) is 13.5. The molecule has 3 rings (SSSR count). The van der Waals surface area contributed by atoms with E-state index in [2.05, 4.69) is 0 Å². The van der Waals surface area contributed by atoms with Crippen molar-refractivity contribution in [3.63, 3.8) is 0 Å². The van der Waals surface area contributed by atoms with Crippen LogP contribution in [0.2, 0.25) is 0 Å². The molecule has 6 N–H and O–H groups in total. The number of rotatable bonds is 14. The lowest BCUT2D eigenvalue weighted by Crippen LogP contribution is -2.38. The first-order valence-electron chi connectivity index (χ1n) is 12.8. The molecule has 39 heavy (non-hydrogen) atoms. The zero-order valence-corrected chi connectivity index (χ0v) is 21.6. The van der Waals surface area contributed by atoms with Gasteiger partial charge in [-0.15, -0.1) is 0 Å². The van der Waals surface area contributed by atoms with Crippen molar-refractivity contribution in [1.29, 1.82) is 0 Å². The molecule has 0 heterocycles. The minimum Gasteiger partial charge on any atom is -0.481 e. The molecule has 0 fully saturated rings. The number of anilines is 2. The number of allylic oxidation sites excluding steroid dienone is 1. The van der Waals surface area contributed by atoms with E-state index in [0.29, 0.717) is 40.8 Å². The Labute approximate surface area is 227 Å². The normalized spacial score (nSPS) is 12.7. The SMILES string of the molecule is Nc1ccc(C(CCCCCCCC(=O)O)(C(=O)O)c2ccc(C=CC(=O)c3ccc(F)cc3)cc2)c(N)c1. The van der Waals surface area contributed by atoms with Crippen LogP contribution in [-0.2, 0) is 15.0 Å². The minimum atomic E-state index is -1.43. The van der Waals surface area contributed by atoms with Crippen LogP contribution in [0.1, 0.15) is 72.0 Å². The van der Waals surface area contributed by atoms with E-state index in [-0.39, 0.29) is 24.3 Å². The van der Waals surface area contributed by atoms with E-state index in [4.69, 9.17) is 16.6 Å². The number of nitrogen functional groups attached to an aromatic ring is 2. The highest BCUT2D eigenvalue weighted by Gasteiger charge is 2.43. The first kappa shape index (κ1) is 29.1. The fourth-order valence-corrected chi connectivity index (χ4v) is 4.71. The first-order valence-corrected chi connectivity index (χ1v) is 12.8. The molecule has 0 saturated heterocycles. The molecule has 0 aliphatic rings. The Balaban J connectivity index is 1.85. The quantitative estimate of drug-likeness (QED) is 0.0853. The highest BCUT2D eigenvalue weighted by molar-refractivity contribution is 6.06. The number of hydrogen-bond donors (Lipinski definition) is 4. The third-order valence-corrected chi connectivity index (χ3v) is 6.80. The van der Waals surface area contributed by atoms with Crippen molar-refractivity contribution >= 4 is 35.2 Å². The maximum Gasteiger partial charge on any atom is 0.318 e. The average Bonchev–Trinajstić information content (AvgIpc) is 2.90. The number of ketones is 1. The van der Waals surface area contributed by atoms with Crippen LogP contribution >= 0.6 is 0 Å². The molecule has 1 unspecified atom stereocenters. The van der Waals surface area contributed by atoms with Crippen molar-refractivity contribution in [2.75, 3.05) is 11.5 Å². The van der Waals surface area contributed by atoms with Gasteiger partial charge in [0.25, 0.3) is 0 Å². The van der Waals surface area contributed by atoms with Crippen molar-refractivity contribution in [2.24, 2.45) is 0 Å². The number of aliphatic carboxylic acids is 2. The number of carbonyl (C=O) groups excluding carboxylic acids is 1. The molecular weight excluding hydrogens is 499 g/mol. The number of unbranched alkanes of at least 4 members (excludes halogenated alkanes) is 4. The van der Waals surface area contributed by atoms with Gasteiger partial charge in [0, 0.05) is 23.4 Å². The van der Waals surface area contributed by atoms with Crippen LogP contribution in [0.15, 0.2) is 72.8 Å². The van der Waals surface area contributed by atoms with Crippen LogP contribution in [0.5, 0.6) is 0 Å². The van der Waals surface area contributed by atoms with Gasteiger partial charge in [-0.3, -0.25) is 14.4 Å². The summed E-state index contributed by atoms with van der Waals surface area (Å²) in [6.45, 7) is 0. The predicted octanol–water partition coefficient (Wildman–Crippen LogP) is 6.07. The van der Waals surface area contributed by atoms with E-state index in [0.717, 1.165) is 19.3 Å². The molecule has 8 heteroatoms. The van der Waals surface area contributed by atoms with E-state index >= 15 is 0 Å². The summed E-state index contributed by atoms with van der Waals surface area (Å²) in [4.78, 5) is 36.1. The molecule has 0 aliphatic carbocycles. The molecule has 0 saturated carbocycles. The second kappa shape index (κ2) is 13.4. The molecule has 0 bridgehead atoms. The van der Waals surface area contributed by atoms with Gasteiger partial charge in [0.15, 0.2) is 5.78 Å². The molecule has 3 aromatic carbocycles. The lowest BCUT2D eigenvalue weighted by molar-refractivity contribution is -0.142. The van der Waals surface area contributed by atoms with Gasteiger partial charge in [-0.25, -0.2) is 4.39 Å². The number of benzene rings is 3. The van der Waals surface area contributed by atoms with Crippen LogP contribution in [0.25, 0.3) is 6.08 Å². The highest BCUT2D eigenvalue weighted by Crippen LogP contribution is 2.41. The predicted molar refractivity (Wildman–Crippen MR) is 150 cm³/mol. The molecule has 3 aromatic rings. The van der Waals surface area contributed by atoms with Gasteiger partial charge in [0.05, 0.1) is 0 Å². The Kier molecular flexibility index (Phi) is 9.98. The molecule has 0 spiro atoms. The monoisotopic (exact) mass is 532 g/mol. The Morgan fingerprint density at radius 2 is 1.46 bits per heavy atom. The van der Waals surface area contributed by atoms with Gasteiger partial charge >= 0.3 is 11.9 Å². The zero-order chi connectivity index (χ0) is 28.4. The van der Waals surface area contributed by atoms with Crippen molar-refractivity contribution in [2.45, 2.75) is 50.4 Å². The fourth-order valence-electron chi connectivity index (χ4n) is 4.71. The number of carboxylic acids is 2. The van der Waals surface area contributed by atoms with E-state index in [1.54, 1.807) is 48.5 Å². The van der Waals surface area contributed by atoms with E-state index in [1.165, 1.54) is 30.3 Å². The minimum absolute atomic E-state index is 0.122. The van der Waals surface area contributed by atoms with Gasteiger partial charge < -0.3 is 21.7 Å². The number of carboxylic acid groups (broad SMARTS) is 2. The highest BCUT2D eigenvalue weighted by atomic mass is 19.1. The number of nitrogens with two attached hydrogens (primary N) is 2. The van der Waals surface area contributed by atoms with Crippen molar-refractivity contribution in [3.8, 4) is 0 Å². The van der Waals surface area contributed by atoms with Gasteiger partial charge in [-0.2, -0.15) is 0 Å². The standard InChI is InChI=1S/C31H33FN2O5/c32-24-14-10-22(11-15-24)28(35)18-9-21-7-12-23(13-8-21)31(30(38)39,26-17-16-25(33)20-27(26)34)19-5-3-1-2-4-6-29(36)37/h7-18,20H,1-6,19,33-34H2,(H,36,37)(H,38,39). The maximum absolute atomic E-state index is 13.1. The lowest BCUT2D eigenvalue weighted by Gasteiger charge is -2.32. The third-order valence-electron chi connectivity index (χ3n) is 6.80. The van der Waals surface area contributed by atoms with Crippen LogP contribution in [0.4, 0.5) is 15.8 Å². The van der Waals surface area contributed by atoms with Crippen molar-refractivity contribution in [3.05, 3.63) is 101 Å². The van der Waals surface area contributed by atoms with E-state index < -0.39 is 23.2 Å². The zero-order valence-electron chi connectivity index (χ0n) is 21.6. The molecule has 7 nitrogen and oxygen atoms in total. The second-order valence-corrected chi connectivity index (χ2v) is 9.55. The van der Waals surface area contributed by atoms with Gasteiger partial charge in [-0.1, -0.05) is 62.1 Å². The Bertz CT molecular complexity index is 1340. The maximum atomic E-state index is 13.1. The smallest absolute Gasteiger partial charge is 0.318 e. The molecule has 0 radical (unpaired) electrons. The second-order valence-electron chi connectivity index (χ2n) is 9.55. The Morgan fingerprint density at radius 3 is 2.08 bits per heavy atom. The molecule has 204 valence electrons. The topological polar surface area (TPSA) is 144 Å². The van der Waals surface area contributed by atoms with Crippen LogP contribution in [-0.4, -0.2) is 27.9 Å². The molecule has 0 aliphatic heterocycles. The summed E-state index contributed by atoms with van der Waals surface area (Å²) in [5.74, 6) is -2.57. The van der Waals surface area contributed by atoms with Gasteiger partial charge in [-0.05, 0) is 72.0 Å². The van der Waals surface area contributed by atoms with Crippen LogP contribution < -0.4 is 11.5 Å². The summed E-state index contributed by atoms with van der Waals surface area (Å²) >= 11 is 0. The van der Waals surface area contributed by atoms with Crippen molar-refractivity contribution < 1.29 is 29.0 Å². The number of hydrogen-bond acceptors (Lipinski definition) is 5. The summed E-state index contributed by atoms with van der Waals surface area (Å²) < 4.78 is 13.1. The summed E-state index contributed by atoms with van der Waals surface area (Å²) in [6, 6.07) is 17.0. The molecule has 1 atom stereocenters. The molecule has 0 aromatic heterocycles. The van der Waals surface area contributed by atoms with Crippen molar-refractivity contribution in [1.82, 2.24) is 0 Å². The molecule has 0 amide bonds. The first-order chi connectivity index (χ1) is 18.6. The third kappa shape index (κ3) is 7.54. The van der Waals surface area contributed by atoms with Gasteiger partial charge in [0.2, 0.25) is 0 Å². The number of carbonyl (C=O) groups is 3. The average molecular weight is 533 g/mol. The van der Waals surface area contributed by atoms with Crippen LogP contribution in [0, 0.1) is 5.82 Å². The fraction of sp³-hybridized carbons (Fsp3) is 0.258. The largest absolute Gasteiger partial charge is 0.481 e. The molecular formula is C31H33FN2O5. The Hall–Kier alpha value is -4.46. The summed E-state index contributed by atoms with van der Waals surface area (Å²) in [7, 11) is 0. The van der Waals surface area contributed by atoms with Gasteiger partial charge in [0.1, 0.15) is 11.2 Å². The Morgan fingerprint density at radius 1 is 0.821 bits per heavy atom. The van der Waals surface area contributed by atoms with E-state index in [1.807, 2.05) is 0 Å². The number of halogens is 1. The van der Waals surface area contributed by atoms with Crippen LogP contribution in [0.3, 0.4) is 0 Å². The van der Waals surface area contributed by atoms with E-state index in [9.17, 15) is 23.9 Å². The summed E-state index contributed by atoms with van der Waals surface area (Å²) in [6.07, 6.45) is 6.89. The summed E-state index contributed by atoms with van der Waals surface area (Å²) in [5, 5.41) is 19.4.